The summed E-state index contributed by atoms with van der Waals surface area (Å²) in [5.41, 5.74) is 4.54. The minimum absolute atomic E-state index is 0.106. The Hall–Kier alpha value is -2.95. The van der Waals surface area contributed by atoms with E-state index < -0.39 is 0 Å². The van der Waals surface area contributed by atoms with Gasteiger partial charge in [0.05, 0.1) is 28.0 Å². The number of hydrogen-bond donors (Lipinski definition) is 0. The van der Waals surface area contributed by atoms with Crippen molar-refractivity contribution < 1.29 is 9.53 Å². The van der Waals surface area contributed by atoms with Crippen LogP contribution in [0.4, 0.5) is 5.69 Å². The molecule has 0 bridgehead atoms. The number of anilines is 1. The second-order valence-electron chi connectivity index (χ2n) is 5.77. The summed E-state index contributed by atoms with van der Waals surface area (Å²) in [7, 11) is 3.86. The molecule has 5 nitrogen and oxygen atoms in total. The zero-order valence-corrected chi connectivity index (χ0v) is 14.0. The van der Waals surface area contributed by atoms with Crippen molar-refractivity contribution in [1.29, 1.82) is 0 Å². The maximum Gasteiger partial charge on any atom is 0.338 e. The number of aryl methyl sites for hydroxylation is 1. The van der Waals surface area contributed by atoms with E-state index in [2.05, 4.69) is 9.97 Å². The lowest BCUT2D eigenvalue weighted by Gasteiger charge is -2.13. The molecule has 1 aromatic heterocycles. The number of aromatic nitrogens is 2. The molecule has 0 amide bonds. The number of para-hydroxylation sites is 2. The fourth-order valence-electron chi connectivity index (χ4n) is 2.39. The molecule has 0 fully saturated rings. The van der Waals surface area contributed by atoms with Crippen molar-refractivity contribution in [3.05, 3.63) is 65.5 Å². The Balaban J connectivity index is 1.77. The van der Waals surface area contributed by atoms with Crippen molar-refractivity contribution in [2.75, 3.05) is 19.0 Å². The Morgan fingerprint density at radius 3 is 2.46 bits per heavy atom. The Morgan fingerprint density at radius 1 is 1.04 bits per heavy atom. The predicted molar refractivity (Wildman–Crippen MR) is 94.2 cm³/mol. The molecule has 5 heteroatoms. The lowest BCUT2D eigenvalue weighted by molar-refractivity contribution is 0.0467. The smallest absolute Gasteiger partial charge is 0.338 e. The van der Waals surface area contributed by atoms with Crippen LogP contribution in [0.3, 0.4) is 0 Å². The second kappa shape index (κ2) is 6.66. The molecular weight excluding hydrogens is 302 g/mol. The maximum atomic E-state index is 12.3. The molecule has 0 aliphatic rings. The summed E-state index contributed by atoms with van der Waals surface area (Å²) in [5.74, 6) is -0.368. The Morgan fingerprint density at radius 2 is 1.75 bits per heavy atom. The van der Waals surface area contributed by atoms with Crippen molar-refractivity contribution in [1.82, 2.24) is 9.97 Å². The molecule has 0 spiro atoms. The minimum atomic E-state index is -0.368. The van der Waals surface area contributed by atoms with Crippen molar-refractivity contribution in [2.24, 2.45) is 0 Å². The van der Waals surface area contributed by atoms with E-state index >= 15 is 0 Å². The quantitative estimate of drug-likeness (QED) is 0.690. The van der Waals surface area contributed by atoms with Crippen LogP contribution in [0.5, 0.6) is 0 Å². The van der Waals surface area contributed by atoms with E-state index in [-0.39, 0.29) is 12.6 Å². The molecule has 2 aromatic carbocycles. The van der Waals surface area contributed by atoms with E-state index in [4.69, 9.17) is 4.74 Å². The van der Waals surface area contributed by atoms with E-state index in [1.54, 1.807) is 12.1 Å². The van der Waals surface area contributed by atoms with Gasteiger partial charge < -0.3 is 9.64 Å². The molecular formula is C19H19N3O2. The number of ether oxygens (including phenoxy) is 1. The Kier molecular flexibility index (Phi) is 4.42. The van der Waals surface area contributed by atoms with E-state index in [9.17, 15) is 4.79 Å². The van der Waals surface area contributed by atoms with Crippen molar-refractivity contribution in [3.63, 3.8) is 0 Å². The number of nitrogens with zero attached hydrogens (tertiary/aromatic N) is 3. The summed E-state index contributed by atoms with van der Waals surface area (Å²) in [6.45, 7) is 1.98. The van der Waals surface area contributed by atoms with Crippen LogP contribution in [0.15, 0.2) is 48.5 Å². The number of esters is 1. The summed E-state index contributed by atoms with van der Waals surface area (Å²) < 4.78 is 5.42. The Labute approximate surface area is 140 Å². The molecule has 0 unspecified atom stereocenters. The summed E-state index contributed by atoms with van der Waals surface area (Å²) in [4.78, 5) is 23.3. The van der Waals surface area contributed by atoms with Crippen LogP contribution in [-0.2, 0) is 11.3 Å². The van der Waals surface area contributed by atoms with Gasteiger partial charge in [0.2, 0.25) is 0 Å². The van der Waals surface area contributed by atoms with Crippen LogP contribution in [0.25, 0.3) is 11.0 Å². The van der Waals surface area contributed by atoms with Crippen molar-refractivity contribution >= 4 is 22.7 Å². The zero-order chi connectivity index (χ0) is 17.1. The summed E-state index contributed by atoms with van der Waals surface area (Å²) in [6, 6.07) is 15.0. The molecule has 3 rings (SSSR count). The van der Waals surface area contributed by atoms with Gasteiger partial charge in [-0.2, -0.15) is 0 Å². The van der Waals surface area contributed by atoms with Gasteiger partial charge in [-0.15, -0.1) is 0 Å². The topological polar surface area (TPSA) is 55.3 Å². The molecule has 0 saturated heterocycles. The van der Waals surface area contributed by atoms with Gasteiger partial charge in [-0.1, -0.05) is 18.2 Å². The lowest BCUT2D eigenvalue weighted by atomic mass is 10.2. The van der Waals surface area contributed by atoms with E-state index in [1.807, 2.05) is 62.3 Å². The molecule has 0 saturated carbocycles. The molecule has 3 aromatic rings. The third kappa shape index (κ3) is 3.35. The number of rotatable bonds is 4. The first-order chi connectivity index (χ1) is 11.5. The van der Waals surface area contributed by atoms with Crippen LogP contribution < -0.4 is 4.90 Å². The number of benzene rings is 2. The number of carbonyl (C=O) groups is 1. The van der Waals surface area contributed by atoms with Gasteiger partial charge in [-0.05, 0) is 37.3 Å². The van der Waals surface area contributed by atoms with Gasteiger partial charge in [0.1, 0.15) is 6.61 Å². The van der Waals surface area contributed by atoms with Gasteiger partial charge in [-0.3, -0.25) is 0 Å². The minimum Gasteiger partial charge on any atom is -0.456 e. The molecule has 0 aliphatic carbocycles. The summed E-state index contributed by atoms with van der Waals surface area (Å²) >= 11 is 0. The maximum absolute atomic E-state index is 12.3. The molecule has 1 heterocycles. The average molecular weight is 321 g/mol. The van der Waals surface area contributed by atoms with E-state index in [0.29, 0.717) is 11.3 Å². The standard InChI is InChI=1S/C19H19N3O2/c1-13-18(21-17-10-5-4-9-16(17)20-13)12-24-19(23)14-7-6-8-15(11-14)22(2)3/h4-11H,12H2,1-3H3. The third-order valence-corrected chi connectivity index (χ3v) is 3.78. The van der Waals surface area contributed by atoms with Crippen LogP contribution in [0.1, 0.15) is 21.7 Å². The molecule has 0 atom stereocenters. The number of carbonyl (C=O) groups excluding carboxylic acids is 1. The fourth-order valence-corrected chi connectivity index (χ4v) is 2.39. The molecule has 24 heavy (non-hydrogen) atoms. The molecule has 0 N–H and O–H groups in total. The fraction of sp³-hybridized carbons (Fsp3) is 0.211. The first kappa shape index (κ1) is 15.9. The molecule has 122 valence electrons. The highest BCUT2D eigenvalue weighted by molar-refractivity contribution is 5.90. The zero-order valence-electron chi connectivity index (χ0n) is 14.0. The van der Waals surface area contributed by atoms with Gasteiger partial charge in [0.25, 0.3) is 0 Å². The largest absolute Gasteiger partial charge is 0.456 e. The van der Waals surface area contributed by atoms with Crippen LogP contribution in [0, 0.1) is 6.92 Å². The number of fused-ring (bicyclic) bond motifs is 1. The van der Waals surface area contributed by atoms with Crippen molar-refractivity contribution in [2.45, 2.75) is 13.5 Å². The molecule has 0 aliphatic heterocycles. The van der Waals surface area contributed by atoms with E-state index in [1.165, 1.54) is 0 Å². The monoisotopic (exact) mass is 321 g/mol. The normalized spacial score (nSPS) is 10.6. The third-order valence-electron chi connectivity index (χ3n) is 3.78. The second-order valence-corrected chi connectivity index (χ2v) is 5.77. The first-order valence-corrected chi connectivity index (χ1v) is 7.71. The van der Waals surface area contributed by atoms with E-state index in [0.717, 1.165) is 22.4 Å². The highest BCUT2D eigenvalue weighted by atomic mass is 16.5. The predicted octanol–water partition coefficient (Wildman–Crippen LogP) is 3.36. The highest BCUT2D eigenvalue weighted by Crippen LogP contribution is 2.16. The molecule has 0 radical (unpaired) electrons. The van der Waals surface area contributed by atoms with Crippen LogP contribution in [-0.4, -0.2) is 30.0 Å². The van der Waals surface area contributed by atoms with Gasteiger partial charge in [0, 0.05) is 19.8 Å². The highest BCUT2D eigenvalue weighted by Gasteiger charge is 2.11. The number of hydrogen-bond acceptors (Lipinski definition) is 5. The van der Waals surface area contributed by atoms with Gasteiger partial charge in [-0.25, -0.2) is 14.8 Å². The van der Waals surface area contributed by atoms with Crippen molar-refractivity contribution in [3.8, 4) is 0 Å². The van der Waals surface area contributed by atoms with Gasteiger partial charge >= 0.3 is 5.97 Å². The van der Waals surface area contributed by atoms with Gasteiger partial charge in [0.15, 0.2) is 0 Å². The summed E-state index contributed by atoms with van der Waals surface area (Å²) in [5, 5.41) is 0. The summed E-state index contributed by atoms with van der Waals surface area (Å²) in [6.07, 6.45) is 0. The average Bonchev–Trinajstić information content (AvgIpc) is 2.59. The Bertz CT molecular complexity index is 891. The lowest BCUT2D eigenvalue weighted by Crippen LogP contribution is -2.11. The SMILES string of the molecule is Cc1nc2ccccc2nc1COC(=O)c1cccc(N(C)C)c1. The van der Waals surface area contributed by atoms with Crippen LogP contribution in [0.2, 0.25) is 0 Å². The van der Waals surface area contributed by atoms with Crippen LogP contribution >= 0.6 is 0 Å². The first-order valence-electron chi connectivity index (χ1n) is 7.71.